The second-order valence-corrected chi connectivity index (χ2v) is 6.77. The number of hydrogen-bond donors (Lipinski definition) is 2. The van der Waals surface area contributed by atoms with E-state index < -0.39 is 20.7 Å². The lowest BCUT2D eigenvalue weighted by atomic mass is 10.2. The van der Waals surface area contributed by atoms with Gasteiger partial charge in [0, 0.05) is 10.7 Å². The molecule has 0 fully saturated rings. The van der Waals surface area contributed by atoms with Gasteiger partial charge in [-0.1, -0.05) is 17.7 Å². The van der Waals surface area contributed by atoms with Gasteiger partial charge in [-0.3, -0.25) is 4.72 Å². The highest BCUT2D eigenvalue weighted by atomic mass is 35.5. The number of hydrogen-bond acceptors (Lipinski definition) is 3. The monoisotopic (exact) mass is 328 g/mol. The van der Waals surface area contributed by atoms with E-state index in [-0.39, 0.29) is 11.4 Å². The maximum Gasteiger partial charge on any atom is 0.264 e. The Balaban J connectivity index is 2.43. The number of anilines is 2. The molecule has 0 aliphatic carbocycles. The lowest BCUT2D eigenvalue weighted by Crippen LogP contribution is -2.15. The molecule has 112 valence electrons. The molecule has 3 N–H and O–H groups in total. The van der Waals surface area contributed by atoms with Crippen LogP contribution < -0.4 is 10.5 Å². The fourth-order valence-electron chi connectivity index (χ4n) is 1.74. The van der Waals surface area contributed by atoms with E-state index in [2.05, 4.69) is 4.72 Å². The van der Waals surface area contributed by atoms with E-state index in [1.807, 2.05) is 0 Å². The number of nitrogens with two attached hydrogens (primary N) is 1. The zero-order chi connectivity index (χ0) is 15.8. The van der Waals surface area contributed by atoms with Crippen molar-refractivity contribution >= 4 is 33.0 Å². The van der Waals surface area contributed by atoms with Crippen LogP contribution in [0.15, 0.2) is 35.2 Å². The van der Waals surface area contributed by atoms with Crippen LogP contribution in [0, 0.1) is 19.7 Å². The van der Waals surface area contributed by atoms with Crippen molar-refractivity contribution in [1.29, 1.82) is 0 Å². The Kier molecular flexibility index (Phi) is 4.11. The molecular formula is C14H14ClFN2O2S. The summed E-state index contributed by atoms with van der Waals surface area (Å²) < 4.78 is 40.6. The molecule has 7 heteroatoms. The van der Waals surface area contributed by atoms with Crippen molar-refractivity contribution in [3.05, 3.63) is 52.3 Å². The molecule has 4 nitrogen and oxygen atoms in total. The van der Waals surface area contributed by atoms with Crippen molar-refractivity contribution in [2.45, 2.75) is 18.7 Å². The fourth-order valence-corrected chi connectivity index (χ4v) is 3.07. The average Bonchev–Trinajstić information content (AvgIpc) is 2.37. The van der Waals surface area contributed by atoms with Crippen LogP contribution in [-0.2, 0) is 10.0 Å². The first-order valence-corrected chi connectivity index (χ1v) is 7.91. The van der Waals surface area contributed by atoms with Gasteiger partial charge >= 0.3 is 0 Å². The van der Waals surface area contributed by atoms with Crippen molar-refractivity contribution in [1.82, 2.24) is 0 Å². The second-order valence-electron chi connectivity index (χ2n) is 4.71. The number of halogens is 2. The van der Waals surface area contributed by atoms with Crippen LogP contribution in [0.3, 0.4) is 0 Å². The molecule has 0 radical (unpaired) electrons. The average molecular weight is 329 g/mol. The fraction of sp³-hybridized carbons (Fsp3) is 0.143. The zero-order valence-electron chi connectivity index (χ0n) is 11.4. The van der Waals surface area contributed by atoms with Crippen LogP contribution in [-0.4, -0.2) is 8.42 Å². The zero-order valence-corrected chi connectivity index (χ0v) is 13.0. The molecule has 0 unspecified atom stereocenters. The summed E-state index contributed by atoms with van der Waals surface area (Å²) in [5.41, 5.74) is 7.39. The molecule has 0 atom stereocenters. The molecular weight excluding hydrogens is 315 g/mol. The van der Waals surface area contributed by atoms with Crippen LogP contribution in [0.2, 0.25) is 5.02 Å². The predicted octanol–water partition coefficient (Wildman–Crippen LogP) is 3.48. The van der Waals surface area contributed by atoms with Gasteiger partial charge in [-0.05, 0) is 49.2 Å². The molecule has 2 aromatic carbocycles. The second kappa shape index (κ2) is 5.54. The normalized spacial score (nSPS) is 11.4. The Morgan fingerprint density at radius 2 is 1.81 bits per heavy atom. The Hall–Kier alpha value is -1.79. The summed E-state index contributed by atoms with van der Waals surface area (Å²) in [5, 5.41) is 0.416. The van der Waals surface area contributed by atoms with E-state index in [0.717, 1.165) is 17.7 Å². The summed E-state index contributed by atoms with van der Waals surface area (Å²) >= 11 is 5.94. The van der Waals surface area contributed by atoms with Crippen LogP contribution in [0.1, 0.15) is 11.1 Å². The van der Waals surface area contributed by atoms with Gasteiger partial charge in [0.15, 0.2) is 0 Å². The Bertz CT molecular complexity index is 807. The molecule has 0 saturated heterocycles. The summed E-state index contributed by atoms with van der Waals surface area (Å²) in [6.45, 7) is 3.39. The summed E-state index contributed by atoms with van der Waals surface area (Å²) in [4.78, 5) is -0.498. The van der Waals surface area contributed by atoms with Crippen LogP contribution in [0.5, 0.6) is 0 Å². The summed E-state index contributed by atoms with van der Waals surface area (Å²) in [6, 6.07) is 6.87. The first kappa shape index (κ1) is 15.6. The summed E-state index contributed by atoms with van der Waals surface area (Å²) in [7, 11) is -4.08. The SMILES string of the molecule is Cc1cc(F)c(S(=O)(=O)Nc2ccc(C)c(Cl)c2)cc1N. The molecule has 0 spiro atoms. The molecule has 0 bridgehead atoms. The maximum atomic E-state index is 13.9. The Morgan fingerprint density at radius 3 is 2.43 bits per heavy atom. The third kappa shape index (κ3) is 3.28. The molecule has 0 aliphatic rings. The van der Waals surface area contributed by atoms with Gasteiger partial charge in [-0.2, -0.15) is 0 Å². The van der Waals surface area contributed by atoms with E-state index in [4.69, 9.17) is 17.3 Å². The lowest BCUT2D eigenvalue weighted by molar-refractivity contribution is 0.570. The molecule has 0 saturated carbocycles. The van der Waals surface area contributed by atoms with Gasteiger partial charge in [0.1, 0.15) is 10.7 Å². The van der Waals surface area contributed by atoms with Gasteiger partial charge in [-0.15, -0.1) is 0 Å². The van der Waals surface area contributed by atoms with Crippen molar-refractivity contribution in [3.63, 3.8) is 0 Å². The number of rotatable bonds is 3. The minimum atomic E-state index is -4.08. The van der Waals surface area contributed by atoms with E-state index >= 15 is 0 Å². The highest BCUT2D eigenvalue weighted by molar-refractivity contribution is 7.92. The maximum absolute atomic E-state index is 13.9. The van der Waals surface area contributed by atoms with E-state index in [1.54, 1.807) is 26.0 Å². The molecule has 21 heavy (non-hydrogen) atoms. The first-order chi connectivity index (χ1) is 9.70. The number of sulfonamides is 1. The molecule has 0 amide bonds. The van der Waals surface area contributed by atoms with Crippen molar-refractivity contribution in [3.8, 4) is 0 Å². The highest BCUT2D eigenvalue weighted by Gasteiger charge is 2.20. The highest BCUT2D eigenvalue weighted by Crippen LogP contribution is 2.25. The third-order valence-electron chi connectivity index (χ3n) is 3.03. The van der Waals surface area contributed by atoms with Gasteiger partial charge < -0.3 is 5.73 Å². The molecule has 0 aromatic heterocycles. The van der Waals surface area contributed by atoms with Crippen LogP contribution >= 0.6 is 11.6 Å². The van der Waals surface area contributed by atoms with Crippen LogP contribution in [0.25, 0.3) is 0 Å². The van der Waals surface area contributed by atoms with Gasteiger partial charge in [0.25, 0.3) is 10.0 Å². The quantitative estimate of drug-likeness (QED) is 0.847. The lowest BCUT2D eigenvalue weighted by Gasteiger charge is -2.11. The molecule has 0 aliphatic heterocycles. The first-order valence-electron chi connectivity index (χ1n) is 6.05. The molecule has 2 rings (SSSR count). The smallest absolute Gasteiger partial charge is 0.264 e. The van der Waals surface area contributed by atoms with Crippen LogP contribution in [0.4, 0.5) is 15.8 Å². The van der Waals surface area contributed by atoms with Crippen molar-refractivity contribution < 1.29 is 12.8 Å². The van der Waals surface area contributed by atoms with E-state index in [9.17, 15) is 12.8 Å². The number of nitrogen functional groups attached to an aromatic ring is 1. The predicted molar refractivity (Wildman–Crippen MR) is 82.5 cm³/mol. The van der Waals surface area contributed by atoms with Crippen molar-refractivity contribution in [2.75, 3.05) is 10.5 Å². The standard InChI is InChI=1S/C14H14ClFN2O2S/c1-8-3-4-10(6-11(8)15)18-21(19,20)14-7-13(17)9(2)5-12(14)16/h3-7,18H,17H2,1-2H3. The Morgan fingerprint density at radius 1 is 1.14 bits per heavy atom. The number of benzene rings is 2. The largest absolute Gasteiger partial charge is 0.398 e. The van der Waals surface area contributed by atoms with Gasteiger partial charge in [0.05, 0.1) is 5.69 Å². The minimum absolute atomic E-state index is 0.207. The number of aryl methyl sites for hydroxylation is 2. The van der Waals surface area contributed by atoms with Gasteiger partial charge in [-0.25, -0.2) is 12.8 Å². The van der Waals surface area contributed by atoms with Crippen molar-refractivity contribution in [2.24, 2.45) is 0 Å². The summed E-state index contributed by atoms with van der Waals surface area (Å²) in [5.74, 6) is -0.854. The Labute approximate surface area is 127 Å². The van der Waals surface area contributed by atoms with Gasteiger partial charge in [0.2, 0.25) is 0 Å². The number of nitrogens with one attached hydrogen (secondary N) is 1. The minimum Gasteiger partial charge on any atom is -0.398 e. The third-order valence-corrected chi connectivity index (χ3v) is 4.84. The van der Waals surface area contributed by atoms with E-state index in [0.29, 0.717) is 10.6 Å². The molecule has 2 aromatic rings. The topological polar surface area (TPSA) is 72.2 Å². The molecule has 0 heterocycles. The van der Waals surface area contributed by atoms with E-state index in [1.165, 1.54) is 6.07 Å². The summed E-state index contributed by atoms with van der Waals surface area (Å²) in [6.07, 6.45) is 0.